The van der Waals surface area contributed by atoms with Crippen LogP contribution in [0.2, 0.25) is 0 Å². The van der Waals surface area contributed by atoms with E-state index in [2.05, 4.69) is 0 Å². The largest absolute Gasteiger partial charge is 0.493 e. The van der Waals surface area contributed by atoms with Gasteiger partial charge in [0.15, 0.2) is 15.8 Å². The molecule has 3 rings (SSSR count). The molecular weight excluding hydrogens is 366 g/mol. The number of carbonyl (C=O) groups is 1. The number of rotatable bonds is 4. The summed E-state index contributed by atoms with van der Waals surface area (Å²) >= 11 is 6.76. The van der Waals surface area contributed by atoms with Crippen molar-refractivity contribution in [3.8, 4) is 11.5 Å². The Kier molecular flexibility index (Phi) is 5.34. The summed E-state index contributed by atoms with van der Waals surface area (Å²) in [6, 6.07) is 11.5. The van der Waals surface area contributed by atoms with Gasteiger partial charge in [0.1, 0.15) is 0 Å². The minimum absolute atomic E-state index is 0.110. The summed E-state index contributed by atoms with van der Waals surface area (Å²) in [5.41, 5.74) is 3.85. The third-order valence-electron chi connectivity index (χ3n) is 4.09. The van der Waals surface area contributed by atoms with Crippen molar-refractivity contribution in [3.63, 3.8) is 0 Å². The fourth-order valence-electron chi connectivity index (χ4n) is 2.83. The number of carbonyl (C=O) groups excluding carboxylic acids is 1. The summed E-state index contributed by atoms with van der Waals surface area (Å²) in [6.45, 7) is 4.01. The molecule has 6 heteroatoms. The Morgan fingerprint density at radius 1 is 1.04 bits per heavy atom. The molecule has 26 heavy (non-hydrogen) atoms. The molecule has 1 heterocycles. The maximum absolute atomic E-state index is 12.9. The normalized spacial score (nSPS) is 15.7. The summed E-state index contributed by atoms with van der Waals surface area (Å²) in [5.74, 6) is 1.15. The first-order valence-electron chi connectivity index (χ1n) is 8.02. The van der Waals surface area contributed by atoms with Crippen LogP contribution in [0.1, 0.15) is 16.7 Å². The maximum atomic E-state index is 12.9. The minimum atomic E-state index is -0.110. The Balaban J connectivity index is 1.95. The number of methoxy groups -OCH3 is 2. The summed E-state index contributed by atoms with van der Waals surface area (Å²) in [6.07, 6.45) is 1.82. The number of amides is 1. The van der Waals surface area contributed by atoms with Crippen LogP contribution in [0, 0.1) is 13.8 Å². The fourth-order valence-corrected chi connectivity index (χ4v) is 4.11. The van der Waals surface area contributed by atoms with E-state index in [1.165, 1.54) is 11.8 Å². The van der Waals surface area contributed by atoms with Gasteiger partial charge >= 0.3 is 0 Å². The Hall–Kier alpha value is -2.31. The molecule has 0 bridgehead atoms. The number of hydrogen-bond donors (Lipinski definition) is 0. The molecule has 0 saturated carbocycles. The second-order valence-electron chi connectivity index (χ2n) is 5.92. The van der Waals surface area contributed by atoms with Gasteiger partial charge in [0.05, 0.1) is 24.8 Å². The molecule has 0 aliphatic carbocycles. The summed E-state index contributed by atoms with van der Waals surface area (Å²) < 4.78 is 11.1. The standard InChI is InChI=1S/C20H19NO3S2/c1-12-5-7-15(13(2)9-12)21-19(22)18(26-20(21)25)11-14-6-8-16(23-3)17(10-14)24-4/h5-11H,1-4H3/b18-11+. The molecule has 0 radical (unpaired) electrons. The number of hydrogen-bond acceptors (Lipinski definition) is 5. The van der Waals surface area contributed by atoms with Crippen molar-refractivity contribution in [1.29, 1.82) is 0 Å². The van der Waals surface area contributed by atoms with E-state index in [-0.39, 0.29) is 5.91 Å². The smallest absolute Gasteiger partial charge is 0.270 e. The molecule has 0 aromatic heterocycles. The van der Waals surface area contributed by atoms with E-state index in [0.717, 1.165) is 22.4 Å². The van der Waals surface area contributed by atoms with Crippen LogP contribution < -0.4 is 14.4 Å². The number of aryl methyl sites for hydroxylation is 2. The van der Waals surface area contributed by atoms with Crippen molar-refractivity contribution >= 4 is 46.0 Å². The predicted molar refractivity (Wildman–Crippen MR) is 111 cm³/mol. The van der Waals surface area contributed by atoms with Gasteiger partial charge in [-0.25, -0.2) is 0 Å². The van der Waals surface area contributed by atoms with Crippen LogP contribution in [0.4, 0.5) is 5.69 Å². The summed E-state index contributed by atoms with van der Waals surface area (Å²) in [5, 5.41) is 0. The Morgan fingerprint density at radius 2 is 1.77 bits per heavy atom. The molecule has 1 amide bonds. The topological polar surface area (TPSA) is 38.8 Å². The SMILES string of the molecule is COc1ccc(/C=C2/SC(=S)N(c3ccc(C)cc3C)C2=O)cc1OC. The van der Waals surface area contributed by atoms with Gasteiger partial charge in [0.2, 0.25) is 0 Å². The first-order valence-corrected chi connectivity index (χ1v) is 9.24. The fraction of sp³-hybridized carbons (Fsp3) is 0.200. The second kappa shape index (κ2) is 7.51. The van der Waals surface area contributed by atoms with E-state index in [9.17, 15) is 4.79 Å². The average molecular weight is 386 g/mol. The van der Waals surface area contributed by atoms with Gasteiger partial charge in [-0.2, -0.15) is 0 Å². The molecule has 1 saturated heterocycles. The molecule has 0 N–H and O–H groups in total. The van der Waals surface area contributed by atoms with E-state index in [0.29, 0.717) is 20.7 Å². The summed E-state index contributed by atoms with van der Waals surface area (Å²) in [4.78, 5) is 15.1. The highest BCUT2D eigenvalue weighted by atomic mass is 32.2. The van der Waals surface area contributed by atoms with Crippen molar-refractivity contribution in [3.05, 3.63) is 58.0 Å². The van der Waals surface area contributed by atoms with E-state index < -0.39 is 0 Å². The lowest BCUT2D eigenvalue weighted by Crippen LogP contribution is -2.28. The second-order valence-corrected chi connectivity index (χ2v) is 7.60. The van der Waals surface area contributed by atoms with Gasteiger partial charge in [-0.15, -0.1) is 0 Å². The minimum Gasteiger partial charge on any atom is -0.493 e. The quantitative estimate of drug-likeness (QED) is 0.562. The zero-order valence-corrected chi connectivity index (χ0v) is 16.7. The van der Waals surface area contributed by atoms with Crippen LogP contribution in [-0.4, -0.2) is 24.4 Å². The van der Waals surface area contributed by atoms with E-state index in [1.54, 1.807) is 19.1 Å². The average Bonchev–Trinajstić information content (AvgIpc) is 2.89. The van der Waals surface area contributed by atoms with Crippen molar-refractivity contribution in [2.24, 2.45) is 0 Å². The molecule has 1 aliphatic rings. The number of thiocarbonyl (C=S) groups is 1. The monoisotopic (exact) mass is 385 g/mol. The molecule has 2 aromatic carbocycles. The van der Waals surface area contributed by atoms with Gasteiger partial charge in [-0.3, -0.25) is 9.69 Å². The molecule has 134 valence electrons. The van der Waals surface area contributed by atoms with Crippen LogP contribution in [0.3, 0.4) is 0 Å². The van der Waals surface area contributed by atoms with E-state index in [1.807, 2.05) is 56.3 Å². The molecule has 2 aromatic rings. The highest BCUT2D eigenvalue weighted by molar-refractivity contribution is 8.27. The molecule has 0 spiro atoms. The molecule has 0 atom stereocenters. The van der Waals surface area contributed by atoms with Crippen molar-refractivity contribution in [2.75, 3.05) is 19.1 Å². The van der Waals surface area contributed by atoms with Crippen LogP contribution in [0.5, 0.6) is 11.5 Å². The molecule has 1 fully saturated rings. The third kappa shape index (κ3) is 3.48. The Morgan fingerprint density at radius 3 is 2.42 bits per heavy atom. The lowest BCUT2D eigenvalue weighted by Gasteiger charge is -2.17. The van der Waals surface area contributed by atoms with E-state index in [4.69, 9.17) is 21.7 Å². The Bertz CT molecular complexity index is 921. The first kappa shape index (κ1) is 18.5. The van der Waals surface area contributed by atoms with Crippen molar-refractivity contribution in [2.45, 2.75) is 13.8 Å². The predicted octanol–water partition coefficient (Wildman–Crippen LogP) is 4.73. The lowest BCUT2D eigenvalue weighted by molar-refractivity contribution is -0.113. The van der Waals surface area contributed by atoms with Crippen molar-refractivity contribution in [1.82, 2.24) is 0 Å². The molecule has 0 unspecified atom stereocenters. The number of anilines is 1. The van der Waals surface area contributed by atoms with Gasteiger partial charge in [-0.1, -0.05) is 47.7 Å². The number of benzene rings is 2. The van der Waals surface area contributed by atoms with Crippen LogP contribution >= 0.6 is 24.0 Å². The highest BCUT2D eigenvalue weighted by Gasteiger charge is 2.34. The van der Waals surface area contributed by atoms with Crippen LogP contribution in [0.25, 0.3) is 6.08 Å². The van der Waals surface area contributed by atoms with Gasteiger partial charge in [0.25, 0.3) is 5.91 Å². The number of thioether (sulfide) groups is 1. The van der Waals surface area contributed by atoms with Gasteiger partial charge < -0.3 is 9.47 Å². The number of ether oxygens (including phenoxy) is 2. The zero-order chi connectivity index (χ0) is 18.8. The van der Waals surface area contributed by atoms with Crippen molar-refractivity contribution < 1.29 is 14.3 Å². The van der Waals surface area contributed by atoms with Gasteiger partial charge in [-0.05, 0) is 49.2 Å². The maximum Gasteiger partial charge on any atom is 0.270 e. The summed E-state index contributed by atoms with van der Waals surface area (Å²) in [7, 11) is 3.17. The highest BCUT2D eigenvalue weighted by Crippen LogP contribution is 2.38. The molecule has 4 nitrogen and oxygen atoms in total. The first-order chi connectivity index (χ1) is 12.4. The molecular formula is C20H19NO3S2. The zero-order valence-electron chi connectivity index (χ0n) is 15.0. The van der Waals surface area contributed by atoms with Crippen LogP contribution in [0.15, 0.2) is 41.3 Å². The van der Waals surface area contributed by atoms with E-state index >= 15 is 0 Å². The Labute approximate surface area is 162 Å². The van der Waals surface area contributed by atoms with Gasteiger partial charge in [0, 0.05) is 0 Å². The van der Waals surface area contributed by atoms with Crippen LogP contribution in [-0.2, 0) is 4.79 Å². The lowest BCUT2D eigenvalue weighted by atomic mass is 10.1. The molecule has 1 aliphatic heterocycles. The third-order valence-corrected chi connectivity index (χ3v) is 5.39. The number of nitrogens with zero attached hydrogens (tertiary/aromatic N) is 1.